The molecule has 0 radical (unpaired) electrons. The Balaban J connectivity index is 0.00000133. The number of hydrogen-bond donors (Lipinski definition) is 1. The van der Waals surface area contributed by atoms with Gasteiger partial charge in [-0.15, -0.1) is 12.4 Å². The second kappa shape index (κ2) is 6.40. The summed E-state index contributed by atoms with van der Waals surface area (Å²) in [6.45, 7) is 3.54. The average Bonchev–Trinajstić information content (AvgIpc) is 3.25. The largest absolute Gasteiger partial charge is 0.340 e. The fourth-order valence-electron chi connectivity index (χ4n) is 2.52. The van der Waals surface area contributed by atoms with E-state index in [1.165, 1.54) is 18.4 Å². The fourth-order valence-corrected chi connectivity index (χ4v) is 2.52. The molecule has 0 aromatic heterocycles. The lowest BCUT2D eigenvalue weighted by Gasteiger charge is -2.27. The van der Waals surface area contributed by atoms with Crippen LogP contribution in [0.5, 0.6) is 0 Å². The molecule has 1 saturated carbocycles. The second-order valence-electron chi connectivity index (χ2n) is 5.32. The summed E-state index contributed by atoms with van der Waals surface area (Å²) in [5.41, 5.74) is 2.58. The topological polar surface area (TPSA) is 32.3 Å². The number of amides is 1. The van der Waals surface area contributed by atoms with Crippen molar-refractivity contribution < 1.29 is 4.79 Å². The van der Waals surface area contributed by atoms with Crippen LogP contribution in [0, 0.1) is 0 Å². The Morgan fingerprint density at radius 3 is 2.37 bits per heavy atom. The molecule has 1 saturated heterocycles. The molecule has 1 heterocycles. The second-order valence-corrected chi connectivity index (χ2v) is 5.32. The highest BCUT2D eigenvalue weighted by Gasteiger charge is 2.23. The highest BCUT2D eigenvalue weighted by Crippen LogP contribution is 2.39. The van der Waals surface area contributed by atoms with E-state index in [1.807, 2.05) is 4.90 Å². The molecule has 1 aromatic carbocycles. The lowest BCUT2D eigenvalue weighted by molar-refractivity contribution is -0.131. The van der Waals surface area contributed by atoms with Crippen LogP contribution in [-0.4, -0.2) is 37.0 Å². The molecule has 0 bridgehead atoms. The summed E-state index contributed by atoms with van der Waals surface area (Å²) in [4.78, 5) is 14.1. The van der Waals surface area contributed by atoms with Gasteiger partial charge in [0.05, 0.1) is 6.42 Å². The lowest BCUT2D eigenvalue weighted by atomic mass is 10.1. The SMILES string of the molecule is Cl.O=C(Cc1ccc(C2CC2)cc1)N1CCNCC1. The first-order chi connectivity index (χ1) is 8.83. The zero-order valence-corrected chi connectivity index (χ0v) is 11.9. The summed E-state index contributed by atoms with van der Waals surface area (Å²) in [6.07, 6.45) is 3.21. The predicted octanol–water partition coefficient (Wildman–Crippen LogP) is 1.96. The number of halogens is 1. The highest BCUT2D eigenvalue weighted by atomic mass is 35.5. The third-order valence-corrected chi connectivity index (χ3v) is 3.85. The predicted molar refractivity (Wildman–Crippen MR) is 78.8 cm³/mol. The number of hydrogen-bond acceptors (Lipinski definition) is 2. The van der Waals surface area contributed by atoms with E-state index in [9.17, 15) is 4.79 Å². The van der Waals surface area contributed by atoms with Crippen molar-refractivity contribution in [1.29, 1.82) is 0 Å². The van der Waals surface area contributed by atoms with Crippen LogP contribution in [-0.2, 0) is 11.2 Å². The van der Waals surface area contributed by atoms with E-state index < -0.39 is 0 Å². The summed E-state index contributed by atoms with van der Waals surface area (Å²) in [7, 11) is 0. The molecule has 1 N–H and O–H groups in total. The Hall–Kier alpha value is -1.06. The molecule has 2 fully saturated rings. The van der Waals surface area contributed by atoms with Gasteiger partial charge in [0.15, 0.2) is 0 Å². The summed E-state index contributed by atoms with van der Waals surface area (Å²) in [5.74, 6) is 1.05. The molecule has 0 atom stereocenters. The maximum atomic E-state index is 12.1. The molecular formula is C15H21ClN2O. The van der Waals surface area contributed by atoms with Crippen LogP contribution in [0.3, 0.4) is 0 Å². The minimum atomic E-state index is 0. The van der Waals surface area contributed by atoms with Crippen LogP contribution < -0.4 is 5.32 Å². The maximum Gasteiger partial charge on any atom is 0.227 e. The third-order valence-electron chi connectivity index (χ3n) is 3.85. The Morgan fingerprint density at radius 2 is 1.79 bits per heavy atom. The number of nitrogens with zero attached hydrogens (tertiary/aromatic N) is 1. The van der Waals surface area contributed by atoms with Crippen LogP contribution in [0.15, 0.2) is 24.3 Å². The van der Waals surface area contributed by atoms with Crippen LogP contribution in [0.1, 0.15) is 29.9 Å². The quantitative estimate of drug-likeness (QED) is 0.918. The average molecular weight is 281 g/mol. The van der Waals surface area contributed by atoms with Crippen LogP contribution in [0.2, 0.25) is 0 Å². The highest BCUT2D eigenvalue weighted by molar-refractivity contribution is 5.85. The van der Waals surface area contributed by atoms with Gasteiger partial charge in [0.1, 0.15) is 0 Å². The van der Waals surface area contributed by atoms with E-state index in [0.29, 0.717) is 6.42 Å². The molecule has 0 spiro atoms. The molecule has 1 aliphatic carbocycles. The molecule has 3 rings (SSSR count). The van der Waals surface area contributed by atoms with Gasteiger partial charge >= 0.3 is 0 Å². The Bertz CT molecular complexity index is 422. The van der Waals surface area contributed by atoms with Gasteiger partial charge in [-0.3, -0.25) is 4.79 Å². The van der Waals surface area contributed by atoms with Crippen molar-refractivity contribution in [3.05, 3.63) is 35.4 Å². The molecule has 1 aromatic rings. The Morgan fingerprint density at radius 1 is 1.16 bits per heavy atom. The number of carbonyl (C=O) groups excluding carboxylic acids is 1. The third kappa shape index (κ3) is 3.71. The number of nitrogens with one attached hydrogen (secondary N) is 1. The van der Waals surface area contributed by atoms with E-state index in [1.54, 1.807) is 0 Å². The smallest absolute Gasteiger partial charge is 0.227 e. The monoisotopic (exact) mass is 280 g/mol. The van der Waals surface area contributed by atoms with Gasteiger partial charge in [-0.2, -0.15) is 0 Å². The lowest BCUT2D eigenvalue weighted by Crippen LogP contribution is -2.46. The van der Waals surface area contributed by atoms with Gasteiger partial charge in [-0.25, -0.2) is 0 Å². The molecule has 0 unspecified atom stereocenters. The first-order valence-corrected chi connectivity index (χ1v) is 6.90. The van der Waals surface area contributed by atoms with Crippen molar-refractivity contribution in [3.63, 3.8) is 0 Å². The van der Waals surface area contributed by atoms with Gasteiger partial charge in [0, 0.05) is 26.2 Å². The number of rotatable bonds is 3. The van der Waals surface area contributed by atoms with Crippen LogP contribution in [0.4, 0.5) is 0 Å². The standard InChI is InChI=1S/C15H20N2O.ClH/c18-15(17-9-7-16-8-10-17)11-12-1-3-13(4-2-12)14-5-6-14;/h1-4,14,16H,5-11H2;1H. The minimum absolute atomic E-state index is 0. The number of benzene rings is 1. The van der Waals surface area contributed by atoms with E-state index in [4.69, 9.17) is 0 Å². The van der Waals surface area contributed by atoms with E-state index in [2.05, 4.69) is 29.6 Å². The van der Waals surface area contributed by atoms with E-state index in [-0.39, 0.29) is 18.3 Å². The summed E-state index contributed by atoms with van der Waals surface area (Å²) in [5, 5.41) is 3.27. The summed E-state index contributed by atoms with van der Waals surface area (Å²) < 4.78 is 0. The number of carbonyl (C=O) groups is 1. The maximum absolute atomic E-state index is 12.1. The van der Waals surface area contributed by atoms with Crippen molar-refractivity contribution in [2.45, 2.75) is 25.2 Å². The molecule has 1 aliphatic heterocycles. The minimum Gasteiger partial charge on any atom is -0.340 e. The normalized spacial score (nSPS) is 18.8. The zero-order valence-electron chi connectivity index (χ0n) is 11.1. The van der Waals surface area contributed by atoms with Crippen molar-refractivity contribution in [1.82, 2.24) is 10.2 Å². The molecule has 2 aliphatic rings. The molecule has 104 valence electrons. The van der Waals surface area contributed by atoms with Crippen LogP contribution in [0.25, 0.3) is 0 Å². The Labute approximate surface area is 120 Å². The fraction of sp³-hybridized carbons (Fsp3) is 0.533. The van der Waals surface area contributed by atoms with Gasteiger partial charge < -0.3 is 10.2 Å². The Kier molecular flexibility index (Phi) is 4.83. The van der Waals surface area contributed by atoms with Gasteiger partial charge in [-0.1, -0.05) is 24.3 Å². The molecule has 3 nitrogen and oxygen atoms in total. The molecular weight excluding hydrogens is 260 g/mol. The zero-order chi connectivity index (χ0) is 12.4. The van der Waals surface area contributed by atoms with Crippen molar-refractivity contribution in [2.24, 2.45) is 0 Å². The first kappa shape index (κ1) is 14.4. The van der Waals surface area contributed by atoms with Crippen LogP contribution >= 0.6 is 12.4 Å². The van der Waals surface area contributed by atoms with Crippen molar-refractivity contribution in [3.8, 4) is 0 Å². The van der Waals surface area contributed by atoms with Gasteiger partial charge in [0.2, 0.25) is 5.91 Å². The molecule has 19 heavy (non-hydrogen) atoms. The summed E-state index contributed by atoms with van der Waals surface area (Å²) in [6, 6.07) is 8.62. The van der Waals surface area contributed by atoms with E-state index in [0.717, 1.165) is 37.7 Å². The van der Waals surface area contributed by atoms with Gasteiger partial charge in [-0.05, 0) is 29.9 Å². The van der Waals surface area contributed by atoms with Crippen molar-refractivity contribution >= 4 is 18.3 Å². The van der Waals surface area contributed by atoms with E-state index >= 15 is 0 Å². The molecule has 1 amide bonds. The van der Waals surface area contributed by atoms with Crippen molar-refractivity contribution in [2.75, 3.05) is 26.2 Å². The number of piperazine rings is 1. The molecule has 4 heteroatoms. The summed E-state index contributed by atoms with van der Waals surface area (Å²) >= 11 is 0. The first-order valence-electron chi connectivity index (χ1n) is 6.90. The van der Waals surface area contributed by atoms with Gasteiger partial charge in [0.25, 0.3) is 0 Å².